The lowest BCUT2D eigenvalue weighted by molar-refractivity contribution is 0.144. The fraction of sp³-hybridized carbons (Fsp3) is 1.00. The molecule has 0 aromatic carbocycles. The second kappa shape index (κ2) is 9.41. The van der Waals surface area contributed by atoms with E-state index in [9.17, 15) is 4.57 Å². The highest BCUT2D eigenvalue weighted by Gasteiger charge is 2.33. The fourth-order valence-corrected chi connectivity index (χ4v) is 5.59. The largest absolute Gasteiger partial charge is 0.340 e. The molecule has 5 nitrogen and oxygen atoms in total. The summed E-state index contributed by atoms with van der Waals surface area (Å²) >= 11 is 0. The zero-order valence-corrected chi connectivity index (χ0v) is 14.0. The van der Waals surface area contributed by atoms with E-state index in [0.717, 1.165) is 0 Å². The third-order valence-corrected chi connectivity index (χ3v) is 6.47. The molecule has 0 heterocycles. The van der Waals surface area contributed by atoms with E-state index in [2.05, 4.69) is 0 Å². The Morgan fingerprint density at radius 2 is 1.33 bits per heavy atom. The lowest BCUT2D eigenvalue weighted by atomic mass is 10.5. The second-order valence-electron chi connectivity index (χ2n) is 4.23. The minimum atomic E-state index is -3.17. The molecule has 0 aliphatic heterocycles. The van der Waals surface area contributed by atoms with Crippen molar-refractivity contribution in [1.82, 2.24) is 0 Å². The topological polar surface area (TPSA) is 54.0 Å². The first-order valence-corrected chi connectivity index (χ1v) is 9.41. The molecule has 110 valence electrons. The Hall–Kier alpha value is 0.500. The van der Waals surface area contributed by atoms with Gasteiger partial charge in [0.25, 0.3) is 0 Å². The van der Waals surface area contributed by atoms with Crippen LogP contribution in [0.5, 0.6) is 0 Å². The van der Waals surface area contributed by atoms with Gasteiger partial charge in [-0.1, -0.05) is 0 Å². The van der Waals surface area contributed by atoms with Crippen LogP contribution < -0.4 is 0 Å². The highest BCUT2D eigenvalue weighted by molar-refractivity contribution is 7.68. The van der Waals surface area contributed by atoms with E-state index in [1.165, 1.54) is 0 Å². The van der Waals surface area contributed by atoms with Crippen molar-refractivity contribution in [3.63, 3.8) is 0 Å². The van der Waals surface area contributed by atoms with Crippen LogP contribution in [0.15, 0.2) is 0 Å². The summed E-state index contributed by atoms with van der Waals surface area (Å²) in [5.74, 6) is 0.181. The van der Waals surface area contributed by atoms with E-state index in [1.54, 1.807) is 0 Å². The van der Waals surface area contributed by atoms with Crippen LogP contribution in [0.25, 0.3) is 0 Å². The van der Waals surface area contributed by atoms with E-state index in [0.29, 0.717) is 13.2 Å². The molecule has 0 bridgehead atoms. The Labute approximate surface area is 112 Å². The molecule has 0 aliphatic rings. The smallest absolute Gasteiger partial charge is 0.334 e. The van der Waals surface area contributed by atoms with Crippen molar-refractivity contribution in [2.75, 3.05) is 19.1 Å². The quantitative estimate of drug-likeness (QED) is 0.561. The Morgan fingerprint density at radius 1 is 0.944 bits per heavy atom. The highest BCUT2D eigenvalue weighted by Crippen LogP contribution is 2.60. The van der Waals surface area contributed by atoms with Gasteiger partial charge in [0, 0.05) is 0 Å². The number of hydrogen-bond acceptors (Lipinski definition) is 5. The third kappa shape index (κ3) is 8.58. The molecule has 0 unspecified atom stereocenters. The van der Waals surface area contributed by atoms with Crippen molar-refractivity contribution in [2.24, 2.45) is 0 Å². The minimum Gasteiger partial charge on any atom is -0.334 e. The molecule has 0 N–H and O–H groups in total. The molecule has 0 atom stereocenters. The maximum Gasteiger partial charge on any atom is 0.340 e. The zero-order chi connectivity index (χ0) is 14.2. The molecule has 0 rings (SSSR count). The van der Waals surface area contributed by atoms with E-state index < -0.39 is 16.0 Å². The van der Waals surface area contributed by atoms with Crippen LogP contribution in [-0.4, -0.2) is 31.3 Å². The van der Waals surface area contributed by atoms with E-state index in [4.69, 9.17) is 18.1 Å². The molecule has 0 amide bonds. The van der Waals surface area contributed by atoms with Gasteiger partial charge in [-0.3, -0.25) is 4.57 Å². The van der Waals surface area contributed by atoms with E-state index in [-0.39, 0.29) is 18.1 Å². The van der Waals surface area contributed by atoms with Crippen LogP contribution in [0, 0.1) is 0 Å². The van der Waals surface area contributed by atoms with E-state index >= 15 is 0 Å². The monoisotopic (exact) mass is 300 g/mol. The Kier molecular flexibility index (Phi) is 9.67. The van der Waals surface area contributed by atoms with Gasteiger partial charge in [0.15, 0.2) is 8.38 Å². The van der Waals surface area contributed by atoms with Crippen LogP contribution in [0.2, 0.25) is 0 Å². The summed E-state index contributed by atoms with van der Waals surface area (Å²) in [4.78, 5) is 0. The third-order valence-electron chi connectivity index (χ3n) is 1.58. The molecule has 0 spiro atoms. The van der Waals surface area contributed by atoms with Crippen LogP contribution in [-0.2, 0) is 22.7 Å². The summed E-state index contributed by atoms with van der Waals surface area (Å²) in [7, 11) is -4.39. The van der Waals surface area contributed by atoms with Crippen LogP contribution in [0.3, 0.4) is 0 Å². The molecule has 0 aromatic rings. The first-order valence-electron chi connectivity index (χ1n) is 6.32. The minimum absolute atomic E-state index is 0.158. The van der Waals surface area contributed by atoms with Gasteiger partial charge in [-0.2, -0.15) is 0 Å². The zero-order valence-electron chi connectivity index (χ0n) is 12.2. The Bertz CT molecular complexity index is 238. The average molecular weight is 300 g/mol. The Balaban J connectivity index is 4.67. The van der Waals surface area contributed by atoms with Gasteiger partial charge in [-0.25, -0.2) is 0 Å². The van der Waals surface area contributed by atoms with Crippen molar-refractivity contribution < 1.29 is 22.7 Å². The molecule has 0 aromatic heterocycles. The predicted octanol–water partition coefficient (Wildman–Crippen LogP) is 4.37. The number of rotatable bonds is 10. The Morgan fingerprint density at radius 3 is 1.61 bits per heavy atom. The van der Waals surface area contributed by atoms with Gasteiger partial charge >= 0.3 is 7.60 Å². The first-order chi connectivity index (χ1) is 8.33. The van der Waals surface area contributed by atoms with Gasteiger partial charge in [0.2, 0.25) is 0 Å². The van der Waals surface area contributed by atoms with Crippen molar-refractivity contribution in [3.05, 3.63) is 0 Å². The molecule has 7 heteroatoms. The van der Waals surface area contributed by atoms with Crippen LogP contribution in [0.4, 0.5) is 0 Å². The maximum absolute atomic E-state index is 12.6. The molecule has 0 aliphatic carbocycles. The molecular weight excluding hydrogens is 274 g/mol. The van der Waals surface area contributed by atoms with Gasteiger partial charge in [0.1, 0.15) is 5.90 Å². The summed E-state index contributed by atoms with van der Waals surface area (Å²) in [5.41, 5.74) is 0. The maximum atomic E-state index is 12.6. The summed E-state index contributed by atoms with van der Waals surface area (Å²) in [6.45, 7) is 12.1. The lowest BCUT2D eigenvalue weighted by Gasteiger charge is -2.25. The predicted molar refractivity (Wildman–Crippen MR) is 75.1 cm³/mol. The molecule has 18 heavy (non-hydrogen) atoms. The fourth-order valence-electron chi connectivity index (χ4n) is 1.28. The lowest BCUT2D eigenvalue weighted by Crippen LogP contribution is -2.10. The van der Waals surface area contributed by atoms with Crippen molar-refractivity contribution in [3.8, 4) is 0 Å². The van der Waals surface area contributed by atoms with E-state index in [1.807, 2.05) is 41.5 Å². The van der Waals surface area contributed by atoms with Gasteiger partial charge in [0.05, 0.1) is 25.4 Å². The van der Waals surface area contributed by atoms with Crippen LogP contribution in [0.1, 0.15) is 41.5 Å². The highest BCUT2D eigenvalue weighted by atomic mass is 31.2. The molecular formula is C11H26O5P2. The first kappa shape index (κ1) is 18.5. The molecule has 0 saturated heterocycles. The number of hydrogen-bond donors (Lipinski definition) is 0. The van der Waals surface area contributed by atoms with Gasteiger partial charge in [-0.05, 0) is 41.5 Å². The summed E-state index contributed by atoms with van der Waals surface area (Å²) in [6, 6.07) is 0. The van der Waals surface area contributed by atoms with Crippen molar-refractivity contribution in [1.29, 1.82) is 0 Å². The van der Waals surface area contributed by atoms with Crippen LogP contribution >= 0.6 is 16.0 Å². The van der Waals surface area contributed by atoms with Crippen molar-refractivity contribution >= 4 is 16.0 Å². The van der Waals surface area contributed by atoms with Gasteiger partial charge < -0.3 is 18.1 Å². The second-order valence-corrected chi connectivity index (χ2v) is 8.19. The molecule has 0 saturated carbocycles. The molecule has 0 fully saturated rings. The standard InChI is InChI=1S/C11H26O5P2/c1-7-13-17(14-8-2)9-18(12,15-10(3)4)16-11(5)6/h10-11H,7-9H2,1-6H3. The van der Waals surface area contributed by atoms with Gasteiger partial charge in [-0.15, -0.1) is 0 Å². The molecule has 0 radical (unpaired) electrons. The normalized spacial score (nSPS) is 12.9. The summed E-state index contributed by atoms with van der Waals surface area (Å²) in [5, 5.41) is 0. The summed E-state index contributed by atoms with van der Waals surface area (Å²) < 4.78 is 34.4. The SMILES string of the molecule is CCOP(CP(=O)(OC(C)C)OC(C)C)OCC. The summed E-state index contributed by atoms with van der Waals surface area (Å²) in [6.07, 6.45) is -0.315. The van der Waals surface area contributed by atoms with Crippen molar-refractivity contribution in [2.45, 2.75) is 53.8 Å². The average Bonchev–Trinajstić information content (AvgIpc) is 2.14.